The van der Waals surface area contributed by atoms with Crippen molar-refractivity contribution < 1.29 is 67.2 Å². The van der Waals surface area contributed by atoms with Crippen molar-refractivity contribution in [1.29, 1.82) is 0 Å². The second-order valence-electron chi connectivity index (χ2n) is 17.4. The van der Waals surface area contributed by atoms with Crippen LogP contribution in [0, 0.1) is 28.6 Å². The monoisotopic (exact) mass is 752 g/mol. The summed E-state index contributed by atoms with van der Waals surface area (Å²) in [4.78, 5) is 38.6. The van der Waals surface area contributed by atoms with Crippen LogP contribution in [-0.4, -0.2) is 127 Å². The first-order valence-electron chi connectivity index (χ1n) is 19.6. The Hall–Kier alpha value is -1.75. The highest BCUT2D eigenvalue weighted by Crippen LogP contribution is 2.81. The third-order valence-corrected chi connectivity index (χ3v) is 14.9. The van der Waals surface area contributed by atoms with Crippen LogP contribution in [0.3, 0.4) is 0 Å². The van der Waals surface area contributed by atoms with Crippen molar-refractivity contribution in [3.8, 4) is 0 Å². The lowest BCUT2D eigenvalue weighted by Gasteiger charge is -2.61. The number of fused-ring (bicyclic) bond motifs is 2. The lowest BCUT2D eigenvalue weighted by atomic mass is 9.43. The van der Waals surface area contributed by atoms with Crippen molar-refractivity contribution in [2.75, 3.05) is 14.2 Å². The van der Waals surface area contributed by atoms with Crippen LogP contribution >= 0.6 is 0 Å². The van der Waals surface area contributed by atoms with Gasteiger partial charge in [0.15, 0.2) is 12.6 Å². The Bertz CT molecular complexity index is 1430. The summed E-state index contributed by atoms with van der Waals surface area (Å²) in [5, 5.41) is 21.3. The molecule has 0 unspecified atom stereocenters. The summed E-state index contributed by atoms with van der Waals surface area (Å²) in [6.07, 6.45) is -2.79. The molecule has 7 rings (SSSR count). The molecule has 3 saturated heterocycles. The molecule has 19 atom stereocenters. The molecular weight excluding hydrogens is 692 g/mol. The second-order valence-corrected chi connectivity index (χ2v) is 17.4. The van der Waals surface area contributed by atoms with E-state index in [9.17, 15) is 24.6 Å². The number of hydrogen-bond acceptors (Lipinski definition) is 14. The van der Waals surface area contributed by atoms with E-state index in [1.807, 2.05) is 13.8 Å². The van der Waals surface area contributed by atoms with Crippen LogP contribution < -0.4 is 0 Å². The van der Waals surface area contributed by atoms with Crippen molar-refractivity contribution in [2.45, 2.75) is 185 Å². The quantitative estimate of drug-likeness (QED) is 0.200. The maximum absolute atomic E-state index is 13.1. The van der Waals surface area contributed by atoms with Crippen molar-refractivity contribution in [3.63, 3.8) is 0 Å². The fourth-order valence-electron chi connectivity index (χ4n) is 12.5. The lowest BCUT2D eigenvalue weighted by Crippen LogP contribution is -2.70. The predicted molar refractivity (Wildman–Crippen MR) is 184 cm³/mol. The molecular formula is C39H60O14. The number of ether oxygens (including phenoxy) is 9. The van der Waals surface area contributed by atoms with Gasteiger partial charge in [-0.1, -0.05) is 13.8 Å². The van der Waals surface area contributed by atoms with E-state index in [4.69, 9.17) is 42.6 Å². The number of Topliss-reactive ketones (excluding diaryl/α,β-unsaturated/α-hetero) is 1. The van der Waals surface area contributed by atoms with Gasteiger partial charge < -0.3 is 52.8 Å². The van der Waals surface area contributed by atoms with Gasteiger partial charge in [-0.05, 0) is 77.0 Å². The Balaban J connectivity index is 1.07. The van der Waals surface area contributed by atoms with Crippen LogP contribution in [0.5, 0.6) is 0 Å². The van der Waals surface area contributed by atoms with Gasteiger partial charge in [0.25, 0.3) is 0 Å². The third-order valence-electron chi connectivity index (χ3n) is 14.9. The largest absolute Gasteiger partial charge is 0.458 e. The van der Waals surface area contributed by atoms with E-state index in [-0.39, 0.29) is 35.1 Å². The standard InChI is InChI=1S/C39H60O14/c1-18(40)25-12-15-39-37(25,7)34(50-22(5)42)32(49-21(4)41)33-36(6)13-11-24(16-23(36)10-14-38(33,39)53-39)51-27-17-26(45-8)30(20(3)47-27)52-35-29(44)31(46-9)28(43)19(2)48-35/h19-20,23-35,43-44H,10-17H2,1-9H3/t19-,20-,23+,24+,25+,26-,27+,28-,29-,30-,31-,32+,33-,34-,35+,36+,37+,38+,39-/m1/s1. The van der Waals surface area contributed by atoms with Gasteiger partial charge in [-0.3, -0.25) is 14.4 Å². The molecule has 4 saturated carbocycles. The summed E-state index contributed by atoms with van der Waals surface area (Å²) in [5.41, 5.74) is -2.37. The van der Waals surface area contributed by atoms with Crippen molar-refractivity contribution >= 4 is 17.7 Å². The molecule has 0 aromatic rings. The fourth-order valence-corrected chi connectivity index (χ4v) is 12.5. The average Bonchev–Trinajstić information content (AvgIpc) is 3.63. The number of methoxy groups -OCH3 is 2. The Morgan fingerprint density at radius 3 is 2.11 bits per heavy atom. The molecule has 7 aliphatic rings. The van der Waals surface area contributed by atoms with Crippen molar-refractivity contribution in [1.82, 2.24) is 0 Å². The van der Waals surface area contributed by atoms with E-state index in [1.165, 1.54) is 21.0 Å². The predicted octanol–water partition coefficient (Wildman–Crippen LogP) is 2.99. The van der Waals surface area contributed by atoms with Gasteiger partial charge in [0.05, 0.1) is 24.4 Å². The minimum absolute atomic E-state index is 0.0340. The maximum Gasteiger partial charge on any atom is 0.303 e. The number of carbonyl (C=O) groups is 3. The fraction of sp³-hybridized carbons (Fsp3) is 0.923. The normalized spacial score (nSPS) is 53.0. The topological polar surface area (TPSA) is 178 Å². The molecule has 53 heavy (non-hydrogen) atoms. The number of epoxide rings is 1. The Labute approximate surface area is 312 Å². The smallest absolute Gasteiger partial charge is 0.303 e. The number of ketones is 1. The summed E-state index contributed by atoms with van der Waals surface area (Å²) in [6, 6.07) is 0. The summed E-state index contributed by atoms with van der Waals surface area (Å²) in [6.45, 7) is 12.2. The molecule has 0 radical (unpaired) electrons. The molecule has 0 aromatic heterocycles. The SMILES string of the molecule is CO[C@H]1[C@@H](O)[C@H](O[C@@H]2[C@@H](C)O[C@@H](O[C@H]3CC[C@@]4(C)[C@@H](CC[C@@]56O[C@@]57CC[C@@H](C(C)=O)[C@@]7(C)[C@H](OC(C)=O)[C@@H](OC(C)=O)[C@H]46)C3)C[C@H]2OC)O[C@H](C)[C@H]1O. The molecule has 0 aromatic carbocycles. The zero-order valence-electron chi connectivity index (χ0n) is 32.6. The molecule has 7 fully saturated rings. The molecule has 2 spiro atoms. The van der Waals surface area contributed by atoms with Gasteiger partial charge in [-0.15, -0.1) is 0 Å². The van der Waals surface area contributed by atoms with Gasteiger partial charge >= 0.3 is 11.9 Å². The van der Waals surface area contributed by atoms with Gasteiger partial charge in [-0.25, -0.2) is 0 Å². The molecule has 2 N–H and O–H groups in total. The van der Waals surface area contributed by atoms with Gasteiger partial charge in [0, 0.05) is 51.7 Å². The van der Waals surface area contributed by atoms with Crippen LogP contribution in [0.4, 0.5) is 0 Å². The van der Waals surface area contributed by atoms with Crippen LogP contribution in [0.1, 0.15) is 99.8 Å². The van der Waals surface area contributed by atoms with Crippen molar-refractivity contribution in [3.05, 3.63) is 0 Å². The molecule has 0 amide bonds. The molecule has 14 heteroatoms. The summed E-state index contributed by atoms with van der Waals surface area (Å²) < 4.78 is 55.8. The molecule has 3 aliphatic heterocycles. The molecule has 0 bridgehead atoms. The van der Waals surface area contributed by atoms with Crippen LogP contribution in [0.2, 0.25) is 0 Å². The number of hydrogen-bond donors (Lipinski definition) is 2. The Kier molecular flexibility index (Phi) is 10.4. The maximum atomic E-state index is 13.1. The molecule has 14 nitrogen and oxygen atoms in total. The summed E-state index contributed by atoms with van der Waals surface area (Å²) >= 11 is 0. The summed E-state index contributed by atoms with van der Waals surface area (Å²) in [7, 11) is 3.03. The van der Waals surface area contributed by atoms with Gasteiger partial charge in [-0.2, -0.15) is 0 Å². The van der Waals surface area contributed by atoms with E-state index < -0.39 is 96.1 Å². The first kappa shape index (κ1) is 39.5. The number of rotatable bonds is 9. The zero-order valence-corrected chi connectivity index (χ0v) is 32.6. The first-order chi connectivity index (χ1) is 25.0. The average molecular weight is 753 g/mol. The molecule has 300 valence electrons. The van der Waals surface area contributed by atoms with Gasteiger partial charge in [0.2, 0.25) is 0 Å². The van der Waals surface area contributed by atoms with E-state index in [2.05, 4.69) is 6.92 Å². The Morgan fingerprint density at radius 2 is 1.47 bits per heavy atom. The number of carbonyl (C=O) groups excluding carboxylic acids is 3. The highest BCUT2D eigenvalue weighted by molar-refractivity contribution is 5.81. The van der Waals surface area contributed by atoms with Crippen LogP contribution in [0.25, 0.3) is 0 Å². The third kappa shape index (κ3) is 5.95. The second kappa shape index (κ2) is 14.0. The van der Waals surface area contributed by atoms with Crippen LogP contribution in [0.15, 0.2) is 0 Å². The number of esters is 2. The minimum Gasteiger partial charge on any atom is -0.458 e. The molecule has 3 heterocycles. The van der Waals surface area contributed by atoms with E-state index in [1.54, 1.807) is 21.0 Å². The highest BCUT2D eigenvalue weighted by Gasteiger charge is 2.91. The summed E-state index contributed by atoms with van der Waals surface area (Å²) in [5.74, 6) is -1.30. The lowest BCUT2D eigenvalue weighted by molar-refractivity contribution is -0.343. The highest BCUT2D eigenvalue weighted by atomic mass is 16.7. The minimum atomic E-state index is -1.21. The van der Waals surface area contributed by atoms with Gasteiger partial charge in [0.1, 0.15) is 53.6 Å². The number of aliphatic hydroxyl groups is 2. The van der Waals surface area contributed by atoms with E-state index >= 15 is 0 Å². The van der Waals surface area contributed by atoms with Crippen LogP contribution in [-0.2, 0) is 57.0 Å². The molecule has 4 aliphatic carbocycles. The Morgan fingerprint density at radius 1 is 0.755 bits per heavy atom. The first-order valence-corrected chi connectivity index (χ1v) is 19.6. The van der Waals surface area contributed by atoms with E-state index in [0.717, 1.165) is 32.1 Å². The van der Waals surface area contributed by atoms with Crippen molar-refractivity contribution in [2.24, 2.45) is 28.6 Å². The zero-order chi connectivity index (χ0) is 38.4. The van der Waals surface area contributed by atoms with E-state index in [0.29, 0.717) is 19.3 Å². The number of aliphatic hydroxyl groups excluding tert-OH is 2.